The molecule has 38 valence electrons. The standard InChI is InChI=1S/C4H5NO2.Na/c1-7-4(6)2-3-5;/h2,6H,1H3;/q;+1/p-1/b4-2+;. The molecule has 0 spiro atoms. The first kappa shape index (κ1) is 10.7. The van der Waals surface area contributed by atoms with Crippen molar-refractivity contribution in [1.82, 2.24) is 0 Å². The van der Waals surface area contributed by atoms with Crippen molar-refractivity contribution < 1.29 is 39.4 Å². The summed E-state index contributed by atoms with van der Waals surface area (Å²) in [4.78, 5) is 0. The largest absolute Gasteiger partial charge is 1.00 e. The molecule has 0 aromatic heterocycles. The molecule has 0 saturated heterocycles. The van der Waals surface area contributed by atoms with E-state index in [0.717, 1.165) is 6.08 Å². The van der Waals surface area contributed by atoms with E-state index in [0.29, 0.717) is 0 Å². The van der Waals surface area contributed by atoms with E-state index in [1.54, 1.807) is 0 Å². The fraction of sp³-hybridized carbons (Fsp3) is 0.250. The molecule has 0 aromatic carbocycles. The van der Waals surface area contributed by atoms with Gasteiger partial charge in [-0.25, -0.2) is 0 Å². The van der Waals surface area contributed by atoms with Gasteiger partial charge >= 0.3 is 29.6 Å². The second kappa shape index (κ2) is 6.83. The number of nitriles is 1. The number of allylic oxidation sites excluding steroid dienone is 1. The molecule has 0 aliphatic carbocycles. The summed E-state index contributed by atoms with van der Waals surface area (Å²) in [5, 5.41) is 17.7. The normalized spacial score (nSPS) is 8.75. The van der Waals surface area contributed by atoms with Gasteiger partial charge in [-0.15, -0.1) is 0 Å². The second-order valence-electron chi connectivity index (χ2n) is 0.797. The van der Waals surface area contributed by atoms with Crippen LogP contribution in [0.4, 0.5) is 0 Å². The number of nitrogens with zero attached hydrogens (tertiary/aromatic N) is 1. The minimum atomic E-state index is -0.609. The first-order chi connectivity index (χ1) is 3.31. The Hall–Kier alpha value is -0.170. The van der Waals surface area contributed by atoms with Gasteiger partial charge in [0.05, 0.1) is 12.0 Å². The number of ether oxygens (including phenoxy) is 1. The Morgan fingerprint density at radius 2 is 2.38 bits per heavy atom. The van der Waals surface area contributed by atoms with Gasteiger partial charge in [-0.3, -0.25) is 0 Å². The predicted octanol–water partition coefficient (Wildman–Crippen LogP) is -3.64. The summed E-state index contributed by atoms with van der Waals surface area (Å²) in [7, 11) is 1.22. The van der Waals surface area contributed by atoms with E-state index in [-0.39, 0.29) is 29.6 Å². The third-order valence-electron chi connectivity index (χ3n) is 0.384. The molecular formula is C4H4NNaO2. The maximum atomic E-state index is 9.91. The van der Waals surface area contributed by atoms with Crippen molar-refractivity contribution in [2.24, 2.45) is 0 Å². The molecule has 0 amide bonds. The number of rotatable bonds is 1. The van der Waals surface area contributed by atoms with Crippen LogP contribution in [0.15, 0.2) is 12.0 Å². The van der Waals surface area contributed by atoms with Crippen LogP contribution in [0.5, 0.6) is 0 Å². The molecule has 0 radical (unpaired) electrons. The molecule has 0 rings (SSSR count). The Kier molecular flexibility index (Phi) is 9.17. The zero-order valence-corrected chi connectivity index (χ0v) is 6.84. The van der Waals surface area contributed by atoms with Gasteiger partial charge < -0.3 is 9.84 Å². The molecule has 0 bridgehead atoms. The zero-order valence-electron chi connectivity index (χ0n) is 4.84. The van der Waals surface area contributed by atoms with Gasteiger partial charge in [-0.05, 0) is 7.11 Å². The van der Waals surface area contributed by atoms with Gasteiger partial charge in [0, 0.05) is 6.08 Å². The van der Waals surface area contributed by atoms with Gasteiger partial charge in [0.25, 0.3) is 0 Å². The van der Waals surface area contributed by atoms with Crippen LogP contribution in [-0.2, 0) is 4.74 Å². The van der Waals surface area contributed by atoms with E-state index in [2.05, 4.69) is 4.74 Å². The molecule has 0 atom stereocenters. The van der Waals surface area contributed by atoms with Gasteiger partial charge in [-0.2, -0.15) is 5.26 Å². The third-order valence-corrected chi connectivity index (χ3v) is 0.384. The molecule has 0 heterocycles. The maximum absolute atomic E-state index is 9.91. The molecule has 0 unspecified atom stereocenters. The molecule has 8 heavy (non-hydrogen) atoms. The second-order valence-corrected chi connectivity index (χ2v) is 0.797. The molecule has 0 fully saturated rings. The van der Waals surface area contributed by atoms with Crippen LogP contribution in [-0.4, -0.2) is 7.11 Å². The van der Waals surface area contributed by atoms with Crippen molar-refractivity contribution in [3.63, 3.8) is 0 Å². The predicted molar refractivity (Wildman–Crippen MR) is 20.7 cm³/mol. The average molecular weight is 121 g/mol. The fourth-order valence-corrected chi connectivity index (χ4v) is 0.112. The van der Waals surface area contributed by atoms with Crippen molar-refractivity contribution in [3.8, 4) is 6.07 Å². The molecule has 0 aliphatic rings. The van der Waals surface area contributed by atoms with Gasteiger partial charge in [0.15, 0.2) is 0 Å². The summed E-state index contributed by atoms with van der Waals surface area (Å²) in [6, 6.07) is 1.52. The SMILES string of the molecule is CO/C([O-])=C/C#N.[Na+]. The fourth-order valence-electron chi connectivity index (χ4n) is 0.112. The first-order valence-electron chi connectivity index (χ1n) is 1.62. The average Bonchev–Trinajstić information content (AvgIpc) is 1.68. The Morgan fingerprint density at radius 1 is 1.88 bits per heavy atom. The molecule has 0 aliphatic heterocycles. The van der Waals surface area contributed by atoms with Crippen molar-refractivity contribution in [1.29, 1.82) is 5.26 Å². The summed E-state index contributed by atoms with van der Waals surface area (Å²) >= 11 is 0. The summed E-state index contributed by atoms with van der Waals surface area (Å²) in [5.41, 5.74) is 0. The summed E-state index contributed by atoms with van der Waals surface area (Å²) in [6.45, 7) is 0. The topological polar surface area (TPSA) is 56.1 Å². The minimum absolute atomic E-state index is 0. The number of hydrogen-bond acceptors (Lipinski definition) is 3. The minimum Gasteiger partial charge on any atom is -0.616 e. The molecule has 0 saturated carbocycles. The van der Waals surface area contributed by atoms with E-state index in [1.807, 2.05) is 0 Å². The maximum Gasteiger partial charge on any atom is 1.00 e. The quantitative estimate of drug-likeness (QED) is 0.204. The van der Waals surface area contributed by atoms with Crippen molar-refractivity contribution >= 4 is 0 Å². The van der Waals surface area contributed by atoms with Crippen LogP contribution in [0.2, 0.25) is 0 Å². The van der Waals surface area contributed by atoms with Crippen molar-refractivity contribution in [3.05, 3.63) is 12.0 Å². The van der Waals surface area contributed by atoms with Crippen LogP contribution in [0.25, 0.3) is 0 Å². The van der Waals surface area contributed by atoms with E-state index in [1.165, 1.54) is 13.2 Å². The molecule has 4 heteroatoms. The summed E-state index contributed by atoms with van der Waals surface area (Å²) in [6.07, 6.45) is 0.792. The molecule has 0 N–H and O–H groups in total. The summed E-state index contributed by atoms with van der Waals surface area (Å²) < 4.78 is 4.07. The van der Waals surface area contributed by atoms with Gasteiger partial charge in [-0.1, -0.05) is 0 Å². The Morgan fingerprint density at radius 3 is 2.50 bits per heavy atom. The van der Waals surface area contributed by atoms with Gasteiger partial charge in [0.1, 0.15) is 0 Å². The molecular weight excluding hydrogens is 117 g/mol. The van der Waals surface area contributed by atoms with E-state index in [9.17, 15) is 5.11 Å². The zero-order chi connectivity index (χ0) is 5.70. The van der Waals surface area contributed by atoms with E-state index >= 15 is 0 Å². The Balaban J connectivity index is 0. The Bertz CT molecular complexity index is 116. The van der Waals surface area contributed by atoms with Gasteiger partial charge in [0.2, 0.25) is 0 Å². The summed E-state index contributed by atoms with van der Waals surface area (Å²) in [5.74, 6) is -0.609. The van der Waals surface area contributed by atoms with Crippen LogP contribution in [0.3, 0.4) is 0 Å². The molecule has 3 nitrogen and oxygen atoms in total. The van der Waals surface area contributed by atoms with Crippen LogP contribution >= 0.6 is 0 Å². The van der Waals surface area contributed by atoms with Crippen molar-refractivity contribution in [2.75, 3.05) is 7.11 Å². The number of hydrogen-bond donors (Lipinski definition) is 0. The van der Waals surface area contributed by atoms with Crippen molar-refractivity contribution in [2.45, 2.75) is 0 Å². The first-order valence-corrected chi connectivity index (χ1v) is 1.62. The van der Waals surface area contributed by atoms with Crippen LogP contribution in [0, 0.1) is 11.3 Å². The third kappa shape index (κ3) is 5.83. The van der Waals surface area contributed by atoms with Crippen LogP contribution in [0.1, 0.15) is 0 Å². The number of methoxy groups -OCH3 is 1. The van der Waals surface area contributed by atoms with E-state index < -0.39 is 5.95 Å². The Labute approximate surface area is 69.9 Å². The smallest absolute Gasteiger partial charge is 0.616 e. The van der Waals surface area contributed by atoms with E-state index in [4.69, 9.17) is 5.26 Å². The molecule has 0 aromatic rings. The monoisotopic (exact) mass is 121 g/mol. The van der Waals surface area contributed by atoms with Crippen LogP contribution < -0.4 is 34.7 Å².